The molecule has 0 N–H and O–H groups in total. The molecular formula is C17H16ClNO. The summed E-state index contributed by atoms with van der Waals surface area (Å²) in [5, 5.41) is 1.84. The molecule has 0 saturated carbocycles. The summed E-state index contributed by atoms with van der Waals surface area (Å²) in [5.74, 6) is 0.913. The molecule has 102 valence electrons. The molecule has 2 aromatic carbocycles. The van der Waals surface area contributed by atoms with Crippen molar-refractivity contribution in [2.75, 3.05) is 0 Å². The summed E-state index contributed by atoms with van der Waals surface area (Å²) in [6.45, 7) is 2.57. The molecule has 0 fully saturated rings. The van der Waals surface area contributed by atoms with Crippen LogP contribution in [0.2, 0.25) is 5.02 Å². The first-order valence-electron chi connectivity index (χ1n) is 6.57. The second-order valence-corrected chi connectivity index (χ2v) is 5.36. The van der Waals surface area contributed by atoms with Gasteiger partial charge < -0.3 is 9.30 Å². The number of hydrogen-bond acceptors (Lipinski definition) is 1. The summed E-state index contributed by atoms with van der Waals surface area (Å²) in [6.07, 6.45) is 2.08. The highest BCUT2D eigenvalue weighted by Crippen LogP contribution is 2.29. The molecule has 3 rings (SSSR count). The van der Waals surface area contributed by atoms with Crippen molar-refractivity contribution in [2.24, 2.45) is 7.05 Å². The molecule has 0 saturated heterocycles. The monoisotopic (exact) mass is 285 g/mol. The van der Waals surface area contributed by atoms with E-state index >= 15 is 0 Å². The molecule has 0 aliphatic heterocycles. The SMILES string of the molecule is Cc1ccccc1OCc1cn(C)c2cccc(Cl)c12. The van der Waals surface area contributed by atoms with E-state index in [2.05, 4.69) is 16.8 Å². The van der Waals surface area contributed by atoms with E-state index in [0.717, 1.165) is 32.8 Å². The van der Waals surface area contributed by atoms with Crippen molar-refractivity contribution in [1.29, 1.82) is 0 Å². The minimum Gasteiger partial charge on any atom is -0.489 e. The fourth-order valence-electron chi connectivity index (χ4n) is 2.48. The van der Waals surface area contributed by atoms with Gasteiger partial charge in [-0.2, -0.15) is 0 Å². The predicted octanol–water partition coefficient (Wildman–Crippen LogP) is 4.72. The van der Waals surface area contributed by atoms with Gasteiger partial charge in [0.25, 0.3) is 0 Å². The number of fused-ring (bicyclic) bond motifs is 1. The molecule has 0 bridgehead atoms. The van der Waals surface area contributed by atoms with Gasteiger partial charge in [-0.05, 0) is 30.7 Å². The number of benzene rings is 2. The molecular weight excluding hydrogens is 270 g/mol. The summed E-state index contributed by atoms with van der Waals surface area (Å²) in [5.41, 5.74) is 3.37. The van der Waals surface area contributed by atoms with E-state index in [1.54, 1.807) is 0 Å². The van der Waals surface area contributed by atoms with Gasteiger partial charge in [0.15, 0.2) is 0 Å². The average Bonchev–Trinajstić information content (AvgIpc) is 2.76. The highest BCUT2D eigenvalue weighted by molar-refractivity contribution is 6.35. The molecule has 0 unspecified atom stereocenters. The van der Waals surface area contributed by atoms with Gasteiger partial charge in [0, 0.05) is 29.7 Å². The first kappa shape index (κ1) is 13.1. The molecule has 0 aliphatic rings. The van der Waals surface area contributed by atoms with Crippen LogP contribution < -0.4 is 4.74 Å². The average molecular weight is 286 g/mol. The van der Waals surface area contributed by atoms with Gasteiger partial charge in [-0.1, -0.05) is 35.9 Å². The zero-order valence-corrected chi connectivity index (χ0v) is 12.3. The lowest BCUT2D eigenvalue weighted by Crippen LogP contribution is -1.96. The Morgan fingerprint density at radius 1 is 1.10 bits per heavy atom. The van der Waals surface area contributed by atoms with Crippen molar-refractivity contribution in [3.63, 3.8) is 0 Å². The third-order valence-electron chi connectivity index (χ3n) is 3.52. The van der Waals surface area contributed by atoms with Crippen molar-refractivity contribution >= 4 is 22.5 Å². The molecule has 0 amide bonds. The minimum absolute atomic E-state index is 0.520. The zero-order valence-electron chi connectivity index (χ0n) is 11.6. The fraction of sp³-hybridized carbons (Fsp3) is 0.176. The van der Waals surface area contributed by atoms with Gasteiger partial charge in [-0.25, -0.2) is 0 Å². The lowest BCUT2D eigenvalue weighted by Gasteiger charge is -2.08. The van der Waals surface area contributed by atoms with Crippen LogP contribution in [0.3, 0.4) is 0 Å². The Kier molecular flexibility index (Phi) is 3.41. The Hall–Kier alpha value is -1.93. The van der Waals surface area contributed by atoms with Gasteiger partial charge >= 0.3 is 0 Å². The highest BCUT2D eigenvalue weighted by Gasteiger charge is 2.10. The smallest absolute Gasteiger partial charge is 0.122 e. The van der Waals surface area contributed by atoms with Crippen molar-refractivity contribution in [1.82, 2.24) is 4.57 Å². The van der Waals surface area contributed by atoms with Gasteiger partial charge in [0.1, 0.15) is 12.4 Å². The Labute approximate surface area is 123 Å². The molecule has 1 aromatic heterocycles. The van der Waals surface area contributed by atoms with Crippen LogP contribution >= 0.6 is 11.6 Å². The van der Waals surface area contributed by atoms with Crippen LogP contribution in [0.4, 0.5) is 0 Å². The number of nitrogens with zero attached hydrogens (tertiary/aromatic N) is 1. The van der Waals surface area contributed by atoms with Crippen molar-refractivity contribution < 1.29 is 4.74 Å². The van der Waals surface area contributed by atoms with E-state index in [4.69, 9.17) is 16.3 Å². The molecule has 20 heavy (non-hydrogen) atoms. The van der Waals surface area contributed by atoms with Crippen LogP contribution in [0.5, 0.6) is 5.75 Å². The fourth-order valence-corrected chi connectivity index (χ4v) is 2.77. The summed E-state index contributed by atoms with van der Waals surface area (Å²) in [4.78, 5) is 0. The van der Waals surface area contributed by atoms with E-state index in [1.807, 2.05) is 50.4 Å². The normalized spacial score (nSPS) is 10.9. The van der Waals surface area contributed by atoms with Gasteiger partial charge in [0.2, 0.25) is 0 Å². The maximum absolute atomic E-state index is 6.32. The van der Waals surface area contributed by atoms with Crippen molar-refractivity contribution in [3.05, 3.63) is 64.8 Å². The molecule has 0 atom stereocenters. The van der Waals surface area contributed by atoms with Gasteiger partial charge in [-0.3, -0.25) is 0 Å². The number of aromatic nitrogens is 1. The summed E-state index contributed by atoms with van der Waals surface area (Å²) in [6, 6.07) is 14.0. The molecule has 2 nitrogen and oxygen atoms in total. The minimum atomic E-state index is 0.520. The van der Waals surface area contributed by atoms with Crippen molar-refractivity contribution in [3.8, 4) is 5.75 Å². The van der Waals surface area contributed by atoms with Crippen LogP contribution in [0.1, 0.15) is 11.1 Å². The number of ether oxygens (including phenoxy) is 1. The summed E-state index contributed by atoms with van der Waals surface area (Å²) in [7, 11) is 2.02. The standard InChI is InChI=1S/C17H16ClNO/c1-12-6-3-4-9-16(12)20-11-13-10-19(2)15-8-5-7-14(18)17(13)15/h3-10H,11H2,1-2H3. The lowest BCUT2D eigenvalue weighted by molar-refractivity contribution is 0.305. The molecule has 3 heteroatoms. The molecule has 1 heterocycles. The number of para-hydroxylation sites is 1. The number of hydrogen-bond donors (Lipinski definition) is 0. The summed E-state index contributed by atoms with van der Waals surface area (Å²) < 4.78 is 8.01. The topological polar surface area (TPSA) is 14.2 Å². The Bertz CT molecular complexity index is 761. The number of rotatable bonds is 3. The Morgan fingerprint density at radius 3 is 2.70 bits per heavy atom. The molecule has 3 aromatic rings. The molecule has 0 spiro atoms. The second-order valence-electron chi connectivity index (χ2n) is 4.95. The van der Waals surface area contributed by atoms with Crippen LogP contribution in [0.25, 0.3) is 10.9 Å². The molecule has 0 radical (unpaired) electrons. The van der Waals surface area contributed by atoms with Crippen LogP contribution in [-0.2, 0) is 13.7 Å². The van der Waals surface area contributed by atoms with E-state index in [-0.39, 0.29) is 0 Å². The predicted molar refractivity (Wildman–Crippen MR) is 83.4 cm³/mol. The second kappa shape index (κ2) is 5.22. The number of halogens is 1. The molecule has 0 aliphatic carbocycles. The van der Waals surface area contributed by atoms with E-state index in [1.165, 1.54) is 0 Å². The first-order valence-corrected chi connectivity index (χ1v) is 6.95. The largest absolute Gasteiger partial charge is 0.489 e. The van der Waals surface area contributed by atoms with E-state index < -0.39 is 0 Å². The van der Waals surface area contributed by atoms with Gasteiger partial charge in [0.05, 0.1) is 5.02 Å². The highest BCUT2D eigenvalue weighted by atomic mass is 35.5. The quantitative estimate of drug-likeness (QED) is 0.679. The first-order chi connectivity index (χ1) is 9.66. The maximum Gasteiger partial charge on any atom is 0.122 e. The van der Waals surface area contributed by atoms with Crippen LogP contribution in [-0.4, -0.2) is 4.57 Å². The third-order valence-corrected chi connectivity index (χ3v) is 3.83. The van der Waals surface area contributed by atoms with Crippen LogP contribution in [0.15, 0.2) is 48.7 Å². The van der Waals surface area contributed by atoms with Crippen molar-refractivity contribution in [2.45, 2.75) is 13.5 Å². The Morgan fingerprint density at radius 2 is 1.90 bits per heavy atom. The Balaban J connectivity index is 1.94. The van der Waals surface area contributed by atoms with E-state index in [9.17, 15) is 0 Å². The lowest BCUT2D eigenvalue weighted by atomic mass is 10.2. The van der Waals surface area contributed by atoms with E-state index in [0.29, 0.717) is 6.61 Å². The van der Waals surface area contributed by atoms with Crippen LogP contribution in [0, 0.1) is 6.92 Å². The van der Waals surface area contributed by atoms with Gasteiger partial charge in [-0.15, -0.1) is 0 Å². The number of aryl methyl sites for hydroxylation is 2. The zero-order chi connectivity index (χ0) is 14.1. The summed E-state index contributed by atoms with van der Waals surface area (Å²) >= 11 is 6.32. The maximum atomic E-state index is 6.32. The third kappa shape index (κ3) is 2.27.